The van der Waals surface area contributed by atoms with Gasteiger partial charge in [-0.25, -0.2) is 0 Å². The van der Waals surface area contributed by atoms with Crippen LogP contribution in [0.5, 0.6) is 0 Å². The normalized spacial score (nSPS) is 13.6. The molecule has 0 aliphatic heterocycles. The van der Waals surface area contributed by atoms with Gasteiger partial charge in [0.05, 0.1) is 11.0 Å². The minimum atomic E-state index is -0.373. The summed E-state index contributed by atoms with van der Waals surface area (Å²) in [5.74, 6) is -0.0447. The van der Waals surface area contributed by atoms with Gasteiger partial charge in [-0.1, -0.05) is 68.3 Å². The molecule has 0 aromatic heterocycles. The lowest BCUT2D eigenvalue weighted by Crippen LogP contribution is -2.13. The highest BCUT2D eigenvalue weighted by molar-refractivity contribution is 7.24. The first-order valence-corrected chi connectivity index (χ1v) is 9.57. The zero-order valence-electron chi connectivity index (χ0n) is 14.0. The molecule has 0 fully saturated rings. The molecule has 0 aliphatic carbocycles. The van der Waals surface area contributed by atoms with Gasteiger partial charge in [0.1, 0.15) is 0 Å². The van der Waals surface area contributed by atoms with Crippen molar-refractivity contribution < 1.29 is 9.36 Å². The lowest BCUT2D eigenvalue weighted by atomic mass is 9.92. The van der Waals surface area contributed by atoms with Crippen LogP contribution >= 0.6 is 20.1 Å². The molecule has 2 atom stereocenters. The summed E-state index contributed by atoms with van der Waals surface area (Å²) in [6.07, 6.45) is 2.80. The van der Waals surface area contributed by atoms with E-state index >= 15 is 0 Å². The molecule has 0 amide bonds. The Bertz CT molecular complexity index is 714. The van der Waals surface area contributed by atoms with E-state index in [1.807, 2.05) is 49.4 Å². The molecular formula is C20H22ClO2P. The van der Waals surface area contributed by atoms with Crippen molar-refractivity contribution in [1.82, 2.24) is 0 Å². The molecule has 0 radical (unpaired) electrons. The molecule has 2 unspecified atom stereocenters. The minimum absolute atomic E-state index is 0.0447. The second-order valence-electron chi connectivity index (χ2n) is 5.94. The van der Waals surface area contributed by atoms with Crippen molar-refractivity contribution in [2.24, 2.45) is 0 Å². The number of ketones is 1. The van der Waals surface area contributed by atoms with Gasteiger partial charge in [-0.2, -0.15) is 0 Å². The van der Waals surface area contributed by atoms with Gasteiger partial charge >= 0.3 is 0 Å². The number of hydrogen-bond acceptors (Lipinski definition) is 2. The van der Waals surface area contributed by atoms with Crippen molar-refractivity contribution in [3.8, 4) is 0 Å². The SMILES string of the molecule is CCCCC(Cl)C(P=O)c1ccccc1C(=O)c1ccccc1C. The maximum Gasteiger partial charge on any atom is 0.193 e. The van der Waals surface area contributed by atoms with Crippen LogP contribution in [0.1, 0.15) is 58.9 Å². The van der Waals surface area contributed by atoms with E-state index in [2.05, 4.69) is 6.92 Å². The summed E-state index contributed by atoms with van der Waals surface area (Å²) in [7, 11) is -0.0469. The van der Waals surface area contributed by atoms with Crippen molar-refractivity contribution in [2.45, 2.75) is 44.1 Å². The fourth-order valence-electron chi connectivity index (χ4n) is 2.81. The monoisotopic (exact) mass is 360 g/mol. The largest absolute Gasteiger partial charge is 0.289 e. The van der Waals surface area contributed by atoms with Crippen LogP contribution in [-0.4, -0.2) is 11.2 Å². The third-order valence-corrected chi connectivity index (χ3v) is 5.71. The Kier molecular flexibility index (Phi) is 7.15. The van der Waals surface area contributed by atoms with E-state index < -0.39 is 0 Å². The molecular weight excluding hydrogens is 339 g/mol. The molecule has 0 N–H and O–H groups in total. The summed E-state index contributed by atoms with van der Waals surface area (Å²) in [5.41, 5.74) is 2.58. The van der Waals surface area contributed by atoms with Gasteiger partial charge < -0.3 is 0 Å². The predicted molar refractivity (Wildman–Crippen MR) is 101 cm³/mol. The van der Waals surface area contributed by atoms with Gasteiger partial charge in [0, 0.05) is 11.1 Å². The molecule has 4 heteroatoms. The van der Waals surface area contributed by atoms with E-state index in [4.69, 9.17) is 11.6 Å². The number of carbonyl (C=O) groups is 1. The Balaban J connectivity index is 2.41. The second-order valence-corrected chi connectivity index (χ2v) is 7.27. The Morgan fingerprint density at radius 2 is 1.71 bits per heavy atom. The van der Waals surface area contributed by atoms with Crippen molar-refractivity contribution in [3.05, 3.63) is 70.8 Å². The van der Waals surface area contributed by atoms with Gasteiger partial charge in [0.2, 0.25) is 0 Å². The van der Waals surface area contributed by atoms with Crippen molar-refractivity contribution in [3.63, 3.8) is 0 Å². The number of carbonyl (C=O) groups excluding carboxylic acids is 1. The van der Waals surface area contributed by atoms with Gasteiger partial charge in [-0.05, 0) is 24.5 Å². The third-order valence-electron chi connectivity index (χ3n) is 4.20. The van der Waals surface area contributed by atoms with E-state index in [0.717, 1.165) is 30.4 Å². The minimum Gasteiger partial charge on any atom is -0.289 e. The quantitative estimate of drug-likeness (QED) is 0.312. The first-order chi connectivity index (χ1) is 11.6. The van der Waals surface area contributed by atoms with Crippen LogP contribution in [0.15, 0.2) is 48.5 Å². The highest BCUT2D eigenvalue weighted by Crippen LogP contribution is 2.38. The first-order valence-electron chi connectivity index (χ1n) is 8.26. The van der Waals surface area contributed by atoms with Crippen molar-refractivity contribution in [1.29, 1.82) is 0 Å². The summed E-state index contributed by atoms with van der Waals surface area (Å²) in [6, 6.07) is 14.9. The van der Waals surface area contributed by atoms with E-state index in [-0.39, 0.29) is 25.3 Å². The third kappa shape index (κ3) is 4.32. The van der Waals surface area contributed by atoms with Crippen LogP contribution < -0.4 is 0 Å². The summed E-state index contributed by atoms with van der Waals surface area (Å²) in [5, 5.41) is -0.255. The molecule has 2 aromatic rings. The number of rotatable bonds is 8. The van der Waals surface area contributed by atoms with E-state index in [1.54, 1.807) is 6.07 Å². The second kappa shape index (κ2) is 9.11. The summed E-state index contributed by atoms with van der Waals surface area (Å²) >= 11 is 6.50. The van der Waals surface area contributed by atoms with E-state index in [0.29, 0.717) is 11.1 Å². The van der Waals surface area contributed by atoms with Gasteiger partial charge in [0.25, 0.3) is 0 Å². The van der Waals surface area contributed by atoms with Crippen LogP contribution in [-0.2, 0) is 4.57 Å². The fourth-order valence-corrected chi connectivity index (χ4v) is 3.86. The average molecular weight is 361 g/mol. The van der Waals surface area contributed by atoms with Gasteiger partial charge in [-0.3, -0.25) is 9.36 Å². The molecule has 0 heterocycles. The zero-order chi connectivity index (χ0) is 17.5. The number of benzene rings is 2. The van der Waals surface area contributed by atoms with Crippen LogP contribution in [0.3, 0.4) is 0 Å². The molecule has 24 heavy (non-hydrogen) atoms. The number of hydrogen-bond donors (Lipinski definition) is 0. The van der Waals surface area contributed by atoms with Crippen molar-refractivity contribution in [2.75, 3.05) is 0 Å². The lowest BCUT2D eigenvalue weighted by Gasteiger charge is -2.19. The fraction of sp³-hybridized carbons (Fsp3) is 0.350. The molecule has 0 saturated carbocycles. The Hall–Kier alpha value is -1.50. The predicted octanol–water partition coefficient (Wildman–Crippen LogP) is 6.36. The maximum atomic E-state index is 13.0. The summed E-state index contributed by atoms with van der Waals surface area (Å²) in [6.45, 7) is 4.02. The topological polar surface area (TPSA) is 34.1 Å². The molecule has 0 bridgehead atoms. The van der Waals surface area contributed by atoms with E-state index in [1.165, 1.54) is 0 Å². The number of unbranched alkanes of at least 4 members (excludes halogenated alkanes) is 1. The lowest BCUT2D eigenvalue weighted by molar-refractivity contribution is 0.103. The number of alkyl halides is 1. The van der Waals surface area contributed by atoms with Crippen LogP contribution in [0.4, 0.5) is 0 Å². The van der Waals surface area contributed by atoms with E-state index in [9.17, 15) is 9.36 Å². The standard InChI is InChI=1S/C20H22ClO2P/c1-3-4-13-18(21)20(24-23)17-12-8-7-11-16(17)19(22)15-10-6-5-9-14(15)2/h5-12,18,20H,3-4,13H2,1-2H3. The molecule has 2 nitrogen and oxygen atoms in total. The Labute approximate surface area is 150 Å². The maximum absolute atomic E-state index is 13.0. The van der Waals surface area contributed by atoms with Crippen LogP contribution in [0.25, 0.3) is 0 Å². The first kappa shape index (κ1) is 18.8. The Morgan fingerprint density at radius 3 is 2.33 bits per heavy atom. The molecule has 0 saturated heterocycles. The molecule has 0 aliphatic rings. The smallest absolute Gasteiger partial charge is 0.193 e. The highest BCUT2D eigenvalue weighted by atomic mass is 35.5. The van der Waals surface area contributed by atoms with Crippen LogP contribution in [0, 0.1) is 6.92 Å². The number of halogens is 1. The zero-order valence-corrected chi connectivity index (χ0v) is 15.7. The molecule has 2 aromatic carbocycles. The Morgan fingerprint density at radius 1 is 1.08 bits per heavy atom. The van der Waals surface area contributed by atoms with Gasteiger partial charge in [-0.15, -0.1) is 11.6 Å². The average Bonchev–Trinajstić information content (AvgIpc) is 2.61. The van der Waals surface area contributed by atoms with Crippen LogP contribution in [0.2, 0.25) is 0 Å². The summed E-state index contributed by atoms with van der Waals surface area (Å²) < 4.78 is 11.8. The molecule has 2 rings (SSSR count). The number of aryl methyl sites for hydroxylation is 1. The van der Waals surface area contributed by atoms with Gasteiger partial charge in [0.15, 0.2) is 14.2 Å². The van der Waals surface area contributed by atoms with Crippen molar-refractivity contribution >= 4 is 25.8 Å². The highest BCUT2D eigenvalue weighted by Gasteiger charge is 2.26. The molecule has 0 spiro atoms. The summed E-state index contributed by atoms with van der Waals surface area (Å²) in [4.78, 5) is 13.0. The molecule has 126 valence electrons.